The minimum absolute atomic E-state index is 0.0721. The highest BCUT2D eigenvalue weighted by atomic mass is 16.2. The van der Waals surface area contributed by atoms with Gasteiger partial charge >= 0.3 is 0 Å². The molecule has 1 saturated heterocycles. The molecule has 2 aliphatic rings. The van der Waals surface area contributed by atoms with Crippen LogP contribution < -0.4 is 5.73 Å². The monoisotopic (exact) mass is 253 g/mol. The Labute approximate surface area is 110 Å². The first-order valence-corrected chi connectivity index (χ1v) is 7.27. The first-order valence-electron chi connectivity index (χ1n) is 7.27. The fraction of sp³-hybridized carbons (Fsp3) is 0.929. The summed E-state index contributed by atoms with van der Waals surface area (Å²) in [6.45, 7) is 3.18. The molecule has 0 aromatic heterocycles. The summed E-state index contributed by atoms with van der Waals surface area (Å²) in [5.41, 5.74) is 6.09. The van der Waals surface area contributed by atoms with Crippen LogP contribution in [0.3, 0.4) is 0 Å². The molecule has 1 aliphatic heterocycles. The number of likely N-dealkylation sites (tertiary alicyclic amines) is 1. The van der Waals surface area contributed by atoms with Crippen LogP contribution in [-0.4, -0.2) is 55.5 Å². The van der Waals surface area contributed by atoms with E-state index in [4.69, 9.17) is 5.73 Å². The minimum atomic E-state index is 0.0721. The van der Waals surface area contributed by atoms with Crippen molar-refractivity contribution in [2.75, 3.05) is 33.7 Å². The van der Waals surface area contributed by atoms with E-state index < -0.39 is 0 Å². The van der Waals surface area contributed by atoms with Crippen molar-refractivity contribution in [2.45, 2.75) is 38.1 Å². The number of nitrogens with two attached hydrogens (primary N) is 1. The van der Waals surface area contributed by atoms with Gasteiger partial charge in [0.25, 0.3) is 0 Å². The van der Waals surface area contributed by atoms with Gasteiger partial charge in [-0.3, -0.25) is 4.79 Å². The molecule has 1 saturated carbocycles. The van der Waals surface area contributed by atoms with E-state index >= 15 is 0 Å². The predicted molar refractivity (Wildman–Crippen MR) is 73.2 cm³/mol. The number of carbonyl (C=O) groups excluding carboxylic acids is 1. The topological polar surface area (TPSA) is 49.6 Å². The summed E-state index contributed by atoms with van der Waals surface area (Å²) in [5, 5.41) is 0. The Morgan fingerprint density at radius 1 is 1.33 bits per heavy atom. The third-order valence-electron chi connectivity index (χ3n) is 4.53. The van der Waals surface area contributed by atoms with Crippen LogP contribution in [0, 0.1) is 11.8 Å². The Morgan fingerprint density at radius 3 is 2.67 bits per heavy atom. The lowest BCUT2D eigenvalue weighted by Crippen LogP contribution is -2.45. The summed E-state index contributed by atoms with van der Waals surface area (Å²) in [6, 6.07) is 0.0833. The van der Waals surface area contributed by atoms with Gasteiger partial charge in [-0.1, -0.05) is 12.8 Å². The average molecular weight is 253 g/mol. The second-order valence-corrected chi connectivity index (χ2v) is 6.19. The molecule has 2 N–H and O–H groups in total. The number of rotatable bonds is 3. The molecule has 3 atom stereocenters. The maximum Gasteiger partial charge on any atom is 0.226 e. The highest BCUT2D eigenvalue weighted by Crippen LogP contribution is 2.25. The van der Waals surface area contributed by atoms with E-state index in [9.17, 15) is 4.79 Å². The number of hydrogen-bond donors (Lipinski definition) is 1. The molecule has 2 rings (SSSR count). The third-order valence-corrected chi connectivity index (χ3v) is 4.53. The van der Waals surface area contributed by atoms with Crippen molar-refractivity contribution in [3.05, 3.63) is 0 Å². The van der Waals surface area contributed by atoms with E-state index in [1.165, 1.54) is 12.8 Å². The van der Waals surface area contributed by atoms with Gasteiger partial charge in [0.1, 0.15) is 0 Å². The van der Waals surface area contributed by atoms with Crippen molar-refractivity contribution >= 4 is 5.91 Å². The van der Waals surface area contributed by atoms with Crippen molar-refractivity contribution < 1.29 is 4.79 Å². The smallest absolute Gasteiger partial charge is 0.226 e. The van der Waals surface area contributed by atoms with Crippen LogP contribution in [-0.2, 0) is 4.79 Å². The molecule has 0 bridgehead atoms. The van der Waals surface area contributed by atoms with Gasteiger partial charge in [0.05, 0.1) is 5.92 Å². The first-order chi connectivity index (χ1) is 8.58. The van der Waals surface area contributed by atoms with Crippen LogP contribution in [0.4, 0.5) is 0 Å². The molecule has 2 fully saturated rings. The van der Waals surface area contributed by atoms with Crippen molar-refractivity contribution in [1.82, 2.24) is 9.80 Å². The summed E-state index contributed by atoms with van der Waals surface area (Å²) in [4.78, 5) is 16.7. The zero-order valence-electron chi connectivity index (χ0n) is 11.8. The largest absolute Gasteiger partial charge is 0.345 e. The zero-order chi connectivity index (χ0) is 13.1. The molecule has 1 heterocycles. The Bertz CT molecular complexity index is 295. The SMILES string of the molecule is CN1CCC(CN(C)C(=O)C2CCCCC2N)C1. The molecule has 1 aliphatic carbocycles. The maximum absolute atomic E-state index is 12.4. The van der Waals surface area contributed by atoms with E-state index in [0.29, 0.717) is 5.92 Å². The molecule has 3 unspecified atom stereocenters. The molecule has 0 aromatic carbocycles. The highest BCUT2D eigenvalue weighted by molar-refractivity contribution is 5.79. The lowest BCUT2D eigenvalue weighted by Gasteiger charge is -2.32. The number of amides is 1. The van der Waals surface area contributed by atoms with Gasteiger partial charge in [-0.25, -0.2) is 0 Å². The molecule has 4 heteroatoms. The Hall–Kier alpha value is -0.610. The van der Waals surface area contributed by atoms with Crippen LogP contribution in [0.5, 0.6) is 0 Å². The van der Waals surface area contributed by atoms with Crippen LogP contribution in [0.25, 0.3) is 0 Å². The summed E-state index contributed by atoms with van der Waals surface area (Å²) >= 11 is 0. The summed E-state index contributed by atoms with van der Waals surface area (Å²) in [5.74, 6) is 0.989. The second-order valence-electron chi connectivity index (χ2n) is 6.19. The first kappa shape index (κ1) is 13.8. The molecule has 0 radical (unpaired) electrons. The van der Waals surface area contributed by atoms with E-state index in [1.54, 1.807) is 0 Å². The lowest BCUT2D eigenvalue weighted by atomic mass is 9.84. The Morgan fingerprint density at radius 2 is 2.06 bits per heavy atom. The molecule has 104 valence electrons. The standard InChI is InChI=1S/C14H27N3O/c1-16-8-7-11(9-16)10-17(2)14(18)12-5-3-4-6-13(12)15/h11-13H,3-10,15H2,1-2H3. The van der Waals surface area contributed by atoms with Gasteiger partial charge in [-0.2, -0.15) is 0 Å². The molecular formula is C14H27N3O. The van der Waals surface area contributed by atoms with E-state index in [-0.39, 0.29) is 17.9 Å². The highest BCUT2D eigenvalue weighted by Gasteiger charge is 2.31. The van der Waals surface area contributed by atoms with Gasteiger partial charge in [-0.15, -0.1) is 0 Å². The Balaban J connectivity index is 1.84. The summed E-state index contributed by atoms with van der Waals surface area (Å²) < 4.78 is 0. The molecule has 18 heavy (non-hydrogen) atoms. The Kier molecular flexibility index (Phi) is 4.62. The minimum Gasteiger partial charge on any atom is -0.345 e. The fourth-order valence-electron chi connectivity index (χ4n) is 3.40. The molecule has 4 nitrogen and oxygen atoms in total. The van der Waals surface area contributed by atoms with Crippen molar-refractivity contribution in [2.24, 2.45) is 17.6 Å². The van der Waals surface area contributed by atoms with Gasteiger partial charge < -0.3 is 15.5 Å². The van der Waals surface area contributed by atoms with E-state index in [1.807, 2.05) is 11.9 Å². The number of hydrogen-bond acceptors (Lipinski definition) is 3. The third kappa shape index (κ3) is 3.23. The number of carbonyl (C=O) groups is 1. The molecule has 0 spiro atoms. The lowest BCUT2D eigenvalue weighted by molar-refractivity contribution is -0.136. The quantitative estimate of drug-likeness (QED) is 0.813. The normalized spacial score (nSPS) is 33.6. The van der Waals surface area contributed by atoms with Crippen molar-refractivity contribution in [3.8, 4) is 0 Å². The zero-order valence-corrected chi connectivity index (χ0v) is 11.8. The average Bonchev–Trinajstić information content (AvgIpc) is 2.74. The molecule has 0 aromatic rings. The fourth-order valence-corrected chi connectivity index (χ4v) is 3.40. The van der Waals surface area contributed by atoms with Crippen LogP contribution >= 0.6 is 0 Å². The van der Waals surface area contributed by atoms with Gasteiger partial charge in [0, 0.05) is 26.2 Å². The molecule has 1 amide bonds. The van der Waals surface area contributed by atoms with Crippen LogP contribution in [0.1, 0.15) is 32.1 Å². The summed E-state index contributed by atoms with van der Waals surface area (Å²) in [6.07, 6.45) is 5.54. The van der Waals surface area contributed by atoms with Gasteiger partial charge in [-0.05, 0) is 38.8 Å². The van der Waals surface area contributed by atoms with Crippen LogP contribution in [0.15, 0.2) is 0 Å². The predicted octanol–water partition coefficient (Wildman–Crippen LogP) is 0.914. The van der Waals surface area contributed by atoms with Gasteiger partial charge in [0.15, 0.2) is 0 Å². The van der Waals surface area contributed by atoms with Crippen molar-refractivity contribution in [1.29, 1.82) is 0 Å². The van der Waals surface area contributed by atoms with E-state index in [0.717, 1.165) is 38.9 Å². The van der Waals surface area contributed by atoms with Crippen molar-refractivity contribution in [3.63, 3.8) is 0 Å². The maximum atomic E-state index is 12.4. The summed E-state index contributed by atoms with van der Waals surface area (Å²) in [7, 11) is 4.10. The van der Waals surface area contributed by atoms with E-state index in [2.05, 4.69) is 11.9 Å². The van der Waals surface area contributed by atoms with Crippen LogP contribution in [0.2, 0.25) is 0 Å². The molecular weight excluding hydrogens is 226 g/mol. The second kappa shape index (κ2) is 6.02. The number of nitrogens with zero attached hydrogens (tertiary/aromatic N) is 2. The van der Waals surface area contributed by atoms with Gasteiger partial charge in [0.2, 0.25) is 5.91 Å².